The summed E-state index contributed by atoms with van der Waals surface area (Å²) in [6, 6.07) is 2.65. The van der Waals surface area contributed by atoms with Gasteiger partial charge in [0.25, 0.3) is 0 Å². The lowest BCUT2D eigenvalue weighted by molar-refractivity contribution is 0.0458. The lowest BCUT2D eigenvalue weighted by Crippen LogP contribution is -2.38. The highest BCUT2D eigenvalue weighted by Gasteiger charge is 2.22. The third-order valence-corrected chi connectivity index (χ3v) is 4.19. The fraction of sp³-hybridized carbons (Fsp3) is 0.688. The molecule has 1 aromatic heterocycles. The lowest BCUT2D eigenvalue weighted by atomic mass is 10.1. The summed E-state index contributed by atoms with van der Waals surface area (Å²) >= 11 is 3.53. The number of nitrogens with zero attached hydrogens (tertiary/aromatic N) is 2. The minimum absolute atomic E-state index is 0.416. The molecule has 1 fully saturated rings. The zero-order chi connectivity index (χ0) is 15.2. The van der Waals surface area contributed by atoms with Crippen molar-refractivity contribution in [3.63, 3.8) is 0 Å². The Balaban J connectivity index is 2.05. The molecule has 2 heterocycles. The largest absolute Gasteiger partial charge is 0.378 e. The smallest absolute Gasteiger partial charge is 0.133 e. The number of pyridine rings is 1. The van der Waals surface area contributed by atoms with Crippen LogP contribution in [-0.2, 0) is 11.3 Å². The van der Waals surface area contributed by atoms with Gasteiger partial charge in [0.15, 0.2) is 0 Å². The van der Waals surface area contributed by atoms with E-state index in [1.165, 1.54) is 5.56 Å². The van der Waals surface area contributed by atoms with E-state index >= 15 is 0 Å². The average molecular weight is 356 g/mol. The second-order valence-corrected chi connectivity index (χ2v) is 6.73. The van der Waals surface area contributed by atoms with Crippen LogP contribution >= 0.6 is 15.9 Å². The predicted molar refractivity (Wildman–Crippen MR) is 90.8 cm³/mol. The highest BCUT2D eigenvalue weighted by molar-refractivity contribution is 9.10. The first-order chi connectivity index (χ1) is 10.1. The third kappa shape index (κ3) is 4.94. The van der Waals surface area contributed by atoms with Crippen LogP contribution in [-0.4, -0.2) is 36.8 Å². The van der Waals surface area contributed by atoms with Gasteiger partial charge in [0, 0.05) is 48.5 Å². The van der Waals surface area contributed by atoms with E-state index < -0.39 is 0 Å². The van der Waals surface area contributed by atoms with Crippen molar-refractivity contribution in [3.05, 3.63) is 22.3 Å². The summed E-state index contributed by atoms with van der Waals surface area (Å²) in [4.78, 5) is 7.04. The molecule has 0 unspecified atom stereocenters. The molecule has 0 spiro atoms. The molecule has 0 aromatic carbocycles. The van der Waals surface area contributed by atoms with Crippen molar-refractivity contribution in [2.45, 2.75) is 52.3 Å². The van der Waals surface area contributed by atoms with Crippen LogP contribution in [0.4, 0.5) is 5.82 Å². The number of piperidine rings is 1. The fourth-order valence-corrected chi connectivity index (χ4v) is 3.05. The van der Waals surface area contributed by atoms with Gasteiger partial charge >= 0.3 is 0 Å². The monoisotopic (exact) mass is 355 g/mol. The molecule has 21 heavy (non-hydrogen) atoms. The standard InChI is InChI=1S/C16H26BrN3O/c1-4-21-15-5-7-20(8-6-15)16-13(10-18-12(2)3)9-14(17)11-19-16/h9,11-12,15,18H,4-8,10H2,1-3H3. The molecule has 0 atom stereocenters. The number of nitrogens with one attached hydrogen (secondary N) is 1. The van der Waals surface area contributed by atoms with E-state index in [0.717, 1.165) is 49.4 Å². The molecule has 5 heteroatoms. The van der Waals surface area contributed by atoms with Crippen LogP contribution in [0.15, 0.2) is 16.7 Å². The first-order valence-electron chi connectivity index (χ1n) is 7.84. The minimum Gasteiger partial charge on any atom is -0.378 e. The molecule has 1 saturated heterocycles. The van der Waals surface area contributed by atoms with Crippen molar-refractivity contribution in [2.24, 2.45) is 0 Å². The molecular formula is C16H26BrN3O. The van der Waals surface area contributed by atoms with Crippen molar-refractivity contribution in [3.8, 4) is 0 Å². The third-order valence-electron chi connectivity index (χ3n) is 3.75. The Bertz CT molecular complexity index is 445. The Kier molecular flexibility index (Phi) is 6.45. The average Bonchev–Trinajstić information content (AvgIpc) is 2.46. The second-order valence-electron chi connectivity index (χ2n) is 5.81. The van der Waals surface area contributed by atoms with Crippen LogP contribution in [0, 0.1) is 0 Å². The number of hydrogen-bond donors (Lipinski definition) is 1. The Morgan fingerprint density at radius 2 is 2.14 bits per heavy atom. The molecule has 1 aromatic rings. The van der Waals surface area contributed by atoms with E-state index in [2.05, 4.69) is 58.0 Å². The van der Waals surface area contributed by atoms with Gasteiger partial charge < -0.3 is 15.0 Å². The predicted octanol–water partition coefficient (Wildman–Crippen LogP) is 3.35. The Hall–Kier alpha value is -0.650. The Morgan fingerprint density at radius 1 is 1.43 bits per heavy atom. The number of anilines is 1. The molecule has 0 bridgehead atoms. The highest BCUT2D eigenvalue weighted by Crippen LogP contribution is 2.25. The summed E-state index contributed by atoms with van der Waals surface area (Å²) in [6.07, 6.45) is 4.48. The first kappa shape index (κ1) is 16.7. The van der Waals surface area contributed by atoms with E-state index in [1.54, 1.807) is 0 Å². The molecule has 0 saturated carbocycles. The first-order valence-corrected chi connectivity index (χ1v) is 8.63. The quantitative estimate of drug-likeness (QED) is 0.848. The fourth-order valence-electron chi connectivity index (χ4n) is 2.67. The molecular weight excluding hydrogens is 330 g/mol. The summed E-state index contributed by atoms with van der Waals surface area (Å²) in [5.41, 5.74) is 1.26. The number of rotatable bonds is 6. The van der Waals surface area contributed by atoms with Gasteiger partial charge in [-0.3, -0.25) is 0 Å². The van der Waals surface area contributed by atoms with Crippen LogP contribution in [0.25, 0.3) is 0 Å². The van der Waals surface area contributed by atoms with E-state index in [-0.39, 0.29) is 0 Å². The van der Waals surface area contributed by atoms with Gasteiger partial charge in [-0.05, 0) is 41.8 Å². The zero-order valence-corrected chi connectivity index (χ0v) is 14.8. The molecule has 1 aliphatic rings. The van der Waals surface area contributed by atoms with Crippen molar-refractivity contribution in [1.82, 2.24) is 10.3 Å². The van der Waals surface area contributed by atoms with Crippen LogP contribution in [0.1, 0.15) is 39.2 Å². The molecule has 0 aliphatic carbocycles. The van der Waals surface area contributed by atoms with Gasteiger partial charge in [0.2, 0.25) is 0 Å². The van der Waals surface area contributed by atoms with Gasteiger partial charge in [0.1, 0.15) is 5.82 Å². The number of hydrogen-bond acceptors (Lipinski definition) is 4. The van der Waals surface area contributed by atoms with Crippen molar-refractivity contribution in [2.75, 3.05) is 24.6 Å². The molecule has 1 aliphatic heterocycles. The lowest BCUT2D eigenvalue weighted by Gasteiger charge is -2.33. The van der Waals surface area contributed by atoms with Crippen LogP contribution in [0.3, 0.4) is 0 Å². The maximum atomic E-state index is 5.73. The maximum absolute atomic E-state index is 5.73. The van der Waals surface area contributed by atoms with Crippen LogP contribution in [0.2, 0.25) is 0 Å². The molecule has 0 radical (unpaired) electrons. The summed E-state index contributed by atoms with van der Waals surface area (Å²) in [5.74, 6) is 1.11. The Labute approximate surface area is 136 Å². The summed E-state index contributed by atoms with van der Waals surface area (Å²) in [7, 11) is 0. The van der Waals surface area contributed by atoms with E-state index in [1.807, 2.05) is 6.20 Å². The topological polar surface area (TPSA) is 37.4 Å². The zero-order valence-electron chi connectivity index (χ0n) is 13.2. The van der Waals surface area contributed by atoms with Crippen LogP contribution < -0.4 is 10.2 Å². The number of ether oxygens (including phenoxy) is 1. The minimum atomic E-state index is 0.416. The van der Waals surface area contributed by atoms with E-state index in [0.29, 0.717) is 12.1 Å². The molecule has 0 amide bonds. The van der Waals surface area contributed by atoms with Crippen molar-refractivity contribution < 1.29 is 4.74 Å². The summed E-state index contributed by atoms with van der Waals surface area (Å²) in [6.45, 7) is 10.1. The molecule has 2 rings (SSSR count). The second kappa shape index (κ2) is 8.11. The normalized spacial score (nSPS) is 16.7. The molecule has 1 N–H and O–H groups in total. The Morgan fingerprint density at radius 3 is 2.76 bits per heavy atom. The summed E-state index contributed by atoms with van der Waals surface area (Å²) < 4.78 is 6.77. The summed E-state index contributed by atoms with van der Waals surface area (Å²) in [5, 5.41) is 3.49. The van der Waals surface area contributed by atoms with Crippen LogP contribution in [0.5, 0.6) is 0 Å². The van der Waals surface area contributed by atoms with Gasteiger partial charge in [0.05, 0.1) is 6.10 Å². The molecule has 118 valence electrons. The van der Waals surface area contributed by atoms with Crippen molar-refractivity contribution in [1.29, 1.82) is 0 Å². The van der Waals surface area contributed by atoms with Crippen molar-refractivity contribution >= 4 is 21.7 Å². The number of aromatic nitrogens is 1. The molecule has 4 nitrogen and oxygen atoms in total. The van der Waals surface area contributed by atoms with Gasteiger partial charge in [-0.15, -0.1) is 0 Å². The SMILES string of the molecule is CCOC1CCN(c2ncc(Br)cc2CNC(C)C)CC1. The highest BCUT2D eigenvalue weighted by atomic mass is 79.9. The number of halogens is 1. The maximum Gasteiger partial charge on any atom is 0.133 e. The van der Waals surface area contributed by atoms with E-state index in [4.69, 9.17) is 4.74 Å². The van der Waals surface area contributed by atoms with Gasteiger partial charge in [-0.2, -0.15) is 0 Å². The van der Waals surface area contributed by atoms with Gasteiger partial charge in [-0.1, -0.05) is 13.8 Å². The van der Waals surface area contributed by atoms with E-state index in [9.17, 15) is 0 Å². The van der Waals surface area contributed by atoms with Gasteiger partial charge in [-0.25, -0.2) is 4.98 Å².